The lowest BCUT2D eigenvalue weighted by atomic mass is 10.4. The Morgan fingerprint density at radius 2 is 2.23 bits per heavy atom. The Morgan fingerprint density at radius 3 is 2.85 bits per heavy atom. The second kappa shape index (κ2) is 3.18. The van der Waals surface area contributed by atoms with Gasteiger partial charge in [-0.15, -0.1) is 0 Å². The van der Waals surface area contributed by atoms with Gasteiger partial charge in [0.1, 0.15) is 5.15 Å². The number of hydrogen-bond donors (Lipinski definition) is 0. The maximum absolute atomic E-state index is 5.77. The van der Waals surface area contributed by atoms with Crippen molar-refractivity contribution in [3.8, 4) is 11.6 Å². The van der Waals surface area contributed by atoms with Gasteiger partial charge in [-0.1, -0.05) is 11.6 Å². The highest BCUT2D eigenvalue weighted by molar-refractivity contribution is 6.29. The van der Waals surface area contributed by atoms with Gasteiger partial charge in [-0.05, 0) is 25.1 Å². The van der Waals surface area contributed by atoms with Crippen LogP contribution in [-0.4, -0.2) is 9.97 Å². The molecule has 13 heavy (non-hydrogen) atoms. The molecule has 3 nitrogen and oxygen atoms in total. The molecular weight excluding hydrogens is 188 g/mol. The van der Waals surface area contributed by atoms with E-state index in [1.165, 1.54) is 0 Å². The fraction of sp³-hybridized carbons (Fsp3) is 0.111. The molecule has 0 aliphatic rings. The Bertz CT molecular complexity index is 391. The Hall–Kier alpha value is -1.35. The van der Waals surface area contributed by atoms with Crippen LogP contribution < -0.4 is 0 Å². The lowest BCUT2D eigenvalue weighted by molar-refractivity contribution is 0.577. The van der Waals surface area contributed by atoms with Crippen LogP contribution in [0.15, 0.2) is 28.9 Å². The number of rotatable bonds is 1. The second-order valence-corrected chi connectivity index (χ2v) is 3.02. The van der Waals surface area contributed by atoms with E-state index in [4.69, 9.17) is 16.0 Å². The van der Waals surface area contributed by atoms with Gasteiger partial charge >= 0.3 is 0 Å². The normalized spacial score (nSPS) is 10.3. The molecule has 2 rings (SSSR count). The molecule has 0 spiro atoms. The van der Waals surface area contributed by atoms with E-state index in [0.717, 1.165) is 5.69 Å². The molecule has 2 heterocycles. The van der Waals surface area contributed by atoms with E-state index in [9.17, 15) is 0 Å². The van der Waals surface area contributed by atoms with Crippen LogP contribution in [0.5, 0.6) is 0 Å². The molecule has 0 aliphatic carbocycles. The van der Waals surface area contributed by atoms with Crippen molar-refractivity contribution >= 4 is 11.6 Å². The molecule has 66 valence electrons. The zero-order valence-electron chi connectivity index (χ0n) is 6.99. The van der Waals surface area contributed by atoms with E-state index in [0.29, 0.717) is 16.7 Å². The van der Waals surface area contributed by atoms with Crippen LogP contribution in [0.2, 0.25) is 5.15 Å². The zero-order valence-corrected chi connectivity index (χ0v) is 7.75. The van der Waals surface area contributed by atoms with Crippen LogP contribution in [0.1, 0.15) is 5.69 Å². The average Bonchev–Trinajstić information content (AvgIpc) is 2.53. The summed E-state index contributed by atoms with van der Waals surface area (Å²) in [5.74, 6) is 1.15. The maximum atomic E-state index is 5.77. The summed E-state index contributed by atoms with van der Waals surface area (Å²) in [6.45, 7) is 1.86. The van der Waals surface area contributed by atoms with Crippen molar-refractivity contribution in [2.75, 3.05) is 0 Å². The van der Waals surface area contributed by atoms with Crippen LogP contribution in [-0.2, 0) is 0 Å². The first-order valence-corrected chi connectivity index (χ1v) is 4.18. The quantitative estimate of drug-likeness (QED) is 0.656. The van der Waals surface area contributed by atoms with E-state index in [1.54, 1.807) is 24.5 Å². The average molecular weight is 195 g/mol. The molecule has 0 aromatic carbocycles. The van der Waals surface area contributed by atoms with Crippen molar-refractivity contribution in [1.82, 2.24) is 9.97 Å². The molecule has 0 amide bonds. The largest absolute Gasteiger partial charge is 0.461 e. The van der Waals surface area contributed by atoms with Gasteiger partial charge in [0, 0.05) is 5.69 Å². The molecule has 0 fully saturated rings. The number of furan rings is 1. The monoisotopic (exact) mass is 194 g/mol. The minimum atomic E-state index is 0.430. The van der Waals surface area contributed by atoms with Gasteiger partial charge in [-0.3, -0.25) is 0 Å². The summed E-state index contributed by atoms with van der Waals surface area (Å²) >= 11 is 5.77. The van der Waals surface area contributed by atoms with E-state index >= 15 is 0 Å². The summed E-state index contributed by atoms with van der Waals surface area (Å²) in [7, 11) is 0. The van der Waals surface area contributed by atoms with E-state index < -0.39 is 0 Å². The Kier molecular flexibility index (Phi) is 2.02. The van der Waals surface area contributed by atoms with Gasteiger partial charge in [-0.25, -0.2) is 9.97 Å². The first kappa shape index (κ1) is 8.26. The molecule has 0 atom stereocenters. The number of aryl methyl sites for hydroxylation is 1. The highest BCUT2D eigenvalue weighted by Crippen LogP contribution is 2.17. The van der Waals surface area contributed by atoms with E-state index in [2.05, 4.69) is 9.97 Å². The van der Waals surface area contributed by atoms with Crippen molar-refractivity contribution in [2.24, 2.45) is 0 Å². The SMILES string of the molecule is Cc1cc(Cl)nc(-c2ccco2)n1. The summed E-state index contributed by atoms with van der Waals surface area (Å²) in [4.78, 5) is 8.22. The summed E-state index contributed by atoms with van der Waals surface area (Å²) in [6, 6.07) is 5.29. The highest BCUT2D eigenvalue weighted by Gasteiger charge is 2.05. The predicted octanol–water partition coefficient (Wildman–Crippen LogP) is 2.70. The summed E-state index contributed by atoms with van der Waals surface area (Å²) in [5, 5.41) is 0.430. The molecule has 0 N–H and O–H groups in total. The van der Waals surface area contributed by atoms with Crippen molar-refractivity contribution in [1.29, 1.82) is 0 Å². The first-order valence-electron chi connectivity index (χ1n) is 3.81. The molecule has 0 bridgehead atoms. The van der Waals surface area contributed by atoms with Crippen LogP contribution in [0.4, 0.5) is 0 Å². The standard InChI is InChI=1S/C9H7ClN2O/c1-6-5-8(10)12-9(11-6)7-3-2-4-13-7/h2-5H,1H3. The Labute approximate surface area is 80.4 Å². The predicted molar refractivity (Wildman–Crippen MR) is 49.5 cm³/mol. The molecule has 2 aromatic rings. The minimum absolute atomic E-state index is 0.430. The van der Waals surface area contributed by atoms with Gasteiger partial charge in [-0.2, -0.15) is 0 Å². The maximum Gasteiger partial charge on any atom is 0.197 e. The molecule has 0 unspecified atom stereocenters. The fourth-order valence-corrected chi connectivity index (χ4v) is 1.28. The zero-order chi connectivity index (χ0) is 9.26. The van der Waals surface area contributed by atoms with Crippen molar-refractivity contribution in [3.63, 3.8) is 0 Å². The van der Waals surface area contributed by atoms with E-state index in [-0.39, 0.29) is 0 Å². The number of nitrogens with zero attached hydrogens (tertiary/aromatic N) is 2. The molecule has 0 saturated carbocycles. The van der Waals surface area contributed by atoms with Crippen LogP contribution in [0.25, 0.3) is 11.6 Å². The third-order valence-corrected chi connectivity index (χ3v) is 1.76. The highest BCUT2D eigenvalue weighted by atomic mass is 35.5. The topological polar surface area (TPSA) is 38.9 Å². The second-order valence-electron chi connectivity index (χ2n) is 2.63. The van der Waals surface area contributed by atoms with Crippen LogP contribution in [0.3, 0.4) is 0 Å². The lowest BCUT2D eigenvalue weighted by Gasteiger charge is -1.97. The molecule has 4 heteroatoms. The summed E-state index contributed by atoms with van der Waals surface area (Å²) in [5.41, 5.74) is 0.825. The molecule has 0 aliphatic heterocycles. The Balaban J connectivity index is 2.53. The first-order chi connectivity index (χ1) is 6.25. The molecular formula is C9H7ClN2O. The van der Waals surface area contributed by atoms with Gasteiger partial charge < -0.3 is 4.42 Å². The van der Waals surface area contributed by atoms with Crippen LogP contribution in [0, 0.1) is 6.92 Å². The van der Waals surface area contributed by atoms with Crippen LogP contribution >= 0.6 is 11.6 Å². The smallest absolute Gasteiger partial charge is 0.197 e. The number of aromatic nitrogens is 2. The van der Waals surface area contributed by atoms with Crippen molar-refractivity contribution in [3.05, 3.63) is 35.3 Å². The van der Waals surface area contributed by atoms with Gasteiger partial charge in [0.15, 0.2) is 11.6 Å². The third kappa shape index (κ3) is 1.70. The van der Waals surface area contributed by atoms with Gasteiger partial charge in [0.2, 0.25) is 0 Å². The summed E-state index contributed by atoms with van der Waals surface area (Å²) in [6.07, 6.45) is 1.58. The third-order valence-electron chi connectivity index (χ3n) is 1.56. The molecule has 2 aromatic heterocycles. The number of halogens is 1. The number of hydrogen-bond acceptors (Lipinski definition) is 3. The summed E-state index contributed by atoms with van der Waals surface area (Å²) < 4.78 is 5.15. The van der Waals surface area contributed by atoms with Gasteiger partial charge in [0.05, 0.1) is 6.26 Å². The molecule has 0 radical (unpaired) electrons. The van der Waals surface area contributed by atoms with Crippen molar-refractivity contribution < 1.29 is 4.42 Å². The lowest BCUT2D eigenvalue weighted by Crippen LogP contribution is -1.90. The van der Waals surface area contributed by atoms with Gasteiger partial charge in [0.25, 0.3) is 0 Å². The van der Waals surface area contributed by atoms with Crippen molar-refractivity contribution in [2.45, 2.75) is 6.92 Å². The van der Waals surface area contributed by atoms with E-state index in [1.807, 2.05) is 6.92 Å². The minimum Gasteiger partial charge on any atom is -0.461 e. The molecule has 0 saturated heterocycles. The fourth-order valence-electron chi connectivity index (χ4n) is 1.05. The Morgan fingerprint density at radius 1 is 1.38 bits per heavy atom.